The number of halogens is 4. The molecule has 0 amide bonds. The third kappa shape index (κ3) is 5.75. The molecule has 5 nitrogen and oxygen atoms in total. The molecule has 0 spiro atoms. The van der Waals surface area contributed by atoms with E-state index in [0.29, 0.717) is 5.71 Å². The van der Waals surface area contributed by atoms with Gasteiger partial charge in [-0.15, -0.1) is 0 Å². The molecule has 1 saturated carbocycles. The molecule has 168 valence electrons. The number of nitrogens with one attached hydrogen (secondary N) is 1. The smallest absolute Gasteiger partial charge is 0.357 e. The van der Waals surface area contributed by atoms with E-state index in [9.17, 15) is 26.0 Å². The molecule has 0 atom stereocenters. The Kier molecular flexibility index (Phi) is 6.88. The van der Waals surface area contributed by atoms with Crippen LogP contribution in [0.2, 0.25) is 0 Å². The van der Waals surface area contributed by atoms with Crippen molar-refractivity contribution in [1.29, 1.82) is 0 Å². The zero-order valence-corrected chi connectivity index (χ0v) is 17.6. The number of anilines is 1. The van der Waals surface area contributed by atoms with E-state index in [-0.39, 0.29) is 22.9 Å². The number of oxime groups is 1. The number of aryl methyl sites for hydroxylation is 1. The van der Waals surface area contributed by atoms with Crippen LogP contribution in [0, 0.1) is 18.7 Å². The van der Waals surface area contributed by atoms with Gasteiger partial charge in [-0.2, -0.15) is 21.6 Å². The minimum atomic E-state index is -5.61. The van der Waals surface area contributed by atoms with Gasteiger partial charge in [-0.3, -0.25) is 4.72 Å². The average Bonchev–Trinajstić information content (AvgIpc) is 2.71. The van der Waals surface area contributed by atoms with Crippen LogP contribution in [0.3, 0.4) is 0 Å². The normalized spacial score (nSPS) is 16.2. The number of alkyl halides is 3. The predicted molar refractivity (Wildman–Crippen MR) is 110 cm³/mol. The molecule has 0 saturated heterocycles. The van der Waals surface area contributed by atoms with Crippen molar-refractivity contribution >= 4 is 21.4 Å². The Balaban J connectivity index is 2.04. The topological polar surface area (TPSA) is 67.8 Å². The maximum Gasteiger partial charge on any atom is 0.516 e. The lowest BCUT2D eigenvalue weighted by Gasteiger charge is -2.25. The van der Waals surface area contributed by atoms with Crippen LogP contribution in [0.25, 0.3) is 0 Å². The molecular weight excluding hydrogens is 436 g/mol. The molecule has 1 aliphatic carbocycles. The Labute approximate surface area is 178 Å². The van der Waals surface area contributed by atoms with E-state index >= 15 is 0 Å². The van der Waals surface area contributed by atoms with Crippen LogP contribution in [0.1, 0.15) is 43.2 Å². The molecule has 0 aromatic heterocycles. The van der Waals surface area contributed by atoms with E-state index in [2.05, 4.69) is 5.16 Å². The van der Waals surface area contributed by atoms with Gasteiger partial charge in [0.05, 0.1) is 11.4 Å². The van der Waals surface area contributed by atoms with E-state index in [1.807, 2.05) is 0 Å². The lowest BCUT2D eigenvalue weighted by molar-refractivity contribution is -0.0429. The monoisotopic (exact) mass is 458 g/mol. The van der Waals surface area contributed by atoms with E-state index in [0.717, 1.165) is 37.7 Å². The second-order valence-corrected chi connectivity index (χ2v) is 9.13. The largest absolute Gasteiger partial charge is 0.516 e. The number of benzene rings is 2. The minimum Gasteiger partial charge on any atom is -0.357 e. The van der Waals surface area contributed by atoms with Crippen molar-refractivity contribution in [2.24, 2.45) is 11.1 Å². The molecular formula is C21H22F4N2O3S. The maximum absolute atomic E-state index is 13.1. The molecule has 0 radical (unpaired) electrons. The summed E-state index contributed by atoms with van der Waals surface area (Å²) in [6.45, 7) is 1.74. The number of sulfonamides is 1. The summed E-state index contributed by atoms with van der Waals surface area (Å²) in [5.41, 5.74) is -4.39. The fourth-order valence-corrected chi connectivity index (χ4v) is 4.06. The zero-order chi connectivity index (χ0) is 22.6. The van der Waals surface area contributed by atoms with Gasteiger partial charge >= 0.3 is 15.5 Å². The number of hydrogen-bond donors (Lipinski definition) is 1. The van der Waals surface area contributed by atoms with Crippen LogP contribution in [0.4, 0.5) is 23.2 Å². The first kappa shape index (κ1) is 23.1. The Morgan fingerprint density at radius 3 is 2.32 bits per heavy atom. The molecule has 31 heavy (non-hydrogen) atoms. The fourth-order valence-electron chi connectivity index (χ4n) is 3.48. The summed E-state index contributed by atoms with van der Waals surface area (Å²) in [5.74, 6) is -0.323. The molecule has 1 N–H and O–H groups in total. The Hall–Kier alpha value is -2.62. The van der Waals surface area contributed by atoms with Gasteiger partial charge in [0.2, 0.25) is 0 Å². The summed E-state index contributed by atoms with van der Waals surface area (Å²) < 4.78 is 77.1. The molecule has 0 bridgehead atoms. The molecule has 3 rings (SSSR count). The van der Waals surface area contributed by atoms with Crippen molar-refractivity contribution in [3.05, 3.63) is 59.4 Å². The molecule has 1 fully saturated rings. The highest BCUT2D eigenvalue weighted by Gasteiger charge is 2.46. The first-order valence-corrected chi connectivity index (χ1v) is 11.3. The first-order chi connectivity index (χ1) is 14.6. The average molecular weight is 458 g/mol. The van der Waals surface area contributed by atoms with Crippen molar-refractivity contribution in [2.75, 3.05) is 4.72 Å². The highest BCUT2D eigenvalue weighted by Crippen LogP contribution is 2.33. The van der Waals surface area contributed by atoms with E-state index < -0.39 is 21.3 Å². The fraction of sp³-hybridized carbons (Fsp3) is 0.381. The number of hydrogen-bond acceptors (Lipinski definition) is 4. The second-order valence-electron chi connectivity index (χ2n) is 7.46. The molecule has 0 unspecified atom stereocenters. The quantitative estimate of drug-likeness (QED) is 0.340. The Morgan fingerprint density at radius 2 is 1.71 bits per heavy atom. The Bertz CT molecular complexity index is 1050. The minimum absolute atomic E-state index is 0.120. The third-order valence-electron chi connectivity index (χ3n) is 5.05. The highest BCUT2D eigenvalue weighted by molar-refractivity contribution is 7.93. The molecule has 0 aliphatic heterocycles. The SMILES string of the molecule is Cc1ccc(NS(=O)(=O)C(F)(F)F)c(/C(=N/Oc2ccc(F)cc2)C2CCCCC2)c1. The molecule has 1 aliphatic rings. The van der Waals surface area contributed by atoms with Crippen molar-refractivity contribution in [3.8, 4) is 5.75 Å². The molecule has 2 aromatic carbocycles. The maximum atomic E-state index is 13.1. The summed E-state index contributed by atoms with van der Waals surface area (Å²) >= 11 is 0. The standard InChI is InChI=1S/C21H22F4N2O3S/c1-14-7-12-19(27-31(28,29)21(23,24)25)18(13-14)20(15-5-3-2-4-6-15)26-30-17-10-8-16(22)9-11-17/h7-13,15,27H,2-6H2,1H3/b26-20+. The van der Waals surface area contributed by atoms with Gasteiger partial charge in [0, 0.05) is 11.5 Å². The van der Waals surface area contributed by atoms with E-state index in [1.165, 1.54) is 36.4 Å². The number of rotatable bonds is 6. The van der Waals surface area contributed by atoms with Gasteiger partial charge in [-0.1, -0.05) is 36.0 Å². The lowest BCUT2D eigenvalue weighted by Crippen LogP contribution is -2.31. The predicted octanol–water partition coefficient (Wildman–Crippen LogP) is 5.76. The number of nitrogens with zero attached hydrogens (tertiary/aromatic N) is 1. The third-order valence-corrected chi connectivity index (χ3v) is 6.15. The van der Waals surface area contributed by atoms with Gasteiger partial charge in [-0.25, -0.2) is 4.39 Å². The summed E-state index contributed by atoms with van der Waals surface area (Å²) in [7, 11) is -5.61. The van der Waals surface area contributed by atoms with Crippen LogP contribution >= 0.6 is 0 Å². The van der Waals surface area contributed by atoms with Crippen molar-refractivity contribution in [1.82, 2.24) is 0 Å². The van der Waals surface area contributed by atoms with Gasteiger partial charge in [0.15, 0.2) is 5.75 Å². The van der Waals surface area contributed by atoms with Crippen molar-refractivity contribution in [2.45, 2.75) is 44.5 Å². The lowest BCUT2D eigenvalue weighted by atomic mass is 9.82. The van der Waals surface area contributed by atoms with Gasteiger partial charge in [0.1, 0.15) is 5.82 Å². The molecule has 10 heteroatoms. The molecule has 2 aromatic rings. The van der Waals surface area contributed by atoms with Crippen LogP contribution < -0.4 is 9.56 Å². The van der Waals surface area contributed by atoms with Gasteiger partial charge < -0.3 is 4.84 Å². The Morgan fingerprint density at radius 1 is 1.06 bits per heavy atom. The van der Waals surface area contributed by atoms with Crippen LogP contribution in [-0.2, 0) is 10.0 Å². The van der Waals surface area contributed by atoms with Crippen molar-refractivity contribution < 1.29 is 30.8 Å². The van der Waals surface area contributed by atoms with Crippen LogP contribution in [-0.4, -0.2) is 19.6 Å². The highest BCUT2D eigenvalue weighted by atomic mass is 32.2. The van der Waals surface area contributed by atoms with Crippen LogP contribution in [0.5, 0.6) is 5.75 Å². The van der Waals surface area contributed by atoms with Gasteiger partial charge in [-0.05, 0) is 56.2 Å². The van der Waals surface area contributed by atoms with E-state index in [1.54, 1.807) is 17.7 Å². The van der Waals surface area contributed by atoms with Gasteiger partial charge in [0.25, 0.3) is 0 Å². The summed E-state index contributed by atoms with van der Waals surface area (Å²) in [6, 6.07) is 9.51. The zero-order valence-electron chi connectivity index (χ0n) is 16.7. The van der Waals surface area contributed by atoms with Crippen LogP contribution in [0.15, 0.2) is 47.6 Å². The van der Waals surface area contributed by atoms with E-state index in [4.69, 9.17) is 4.84 Å². The summed E-state index contributed by atoms with van der Waals surface area (Å²) in [6.07, 6.45) is 4.34. The summed E-state index contributed by atoms with van der Waals surface area (Å²) in [4.78, 5) is 5.44. The van der Waals surface area contributed by atoms with Crippen molar-refractivity contribution in [3.63, 3.8) is 0 Å². The summed E-state index contributed by atoms with van der Waals surface area (Å²) in [5, 5.41) is 4.19. The second kappa shape index (κ2) is 9.25. The first-order valence-electron chi connectivity index (χ1n) is 9.77. The molecule has 0 heterocycles.